The predicted octanol–water partition coefficient (Wildman–Crippen LogP) is 1.56. The van der Waals surface area contributed by atoms with Crippen LogP contribution in [0.15, 0.2) is 21.7 Å². The molecule has 86 valence electrons. The summed E-state index contributed by atoms with van der Waals surface area (Å²) in [6.07, 6.45) is 6.14. The van der Waals surface area contributed by atoms with E-state index in [1.807, 2.05) is 18.7 Å². The lowest BCUT2D eigenvalue weighted by Crippen LogP contribution is -2.44. The zero-order chi connectivity index (χ0) is 11.7. The first kappa shape index (κ1) is 11.1. The van der Waals surface area contributed by atoms with E-state index in [-0.39, 0.29) is 16.8 Å². The van der Waals surface area contributed by atoms with Gasteiger partial charge in [-0.1, -0.05) is 12.2 Å². The van der Waals surface area contributed by atoms with Gasteiger partial charge in [0.15, 0.2) is 0 Å². The zero-order valence-corrected chi connectivity index (χ0v) is 9.82. The maximum absolute atomic E-state index is 11.6. The quantitative estimate of drug-likeness (QED) is 0.569. The Morgan fingerprint density at radius 3 is 2.44 bits per heavy atom. The lowest BCUT2D eigenvalue weighted by atomic mass is 9.91. The first-order chi connectivity index (χ1) is 7.70. The van der Waals surface area contributed by atoms with E-state index in [1.54, 1.807) is 0 Å². The first-order valence-electron chi connectivity index (χ1n) is 5.95. The van der Waals surface area contributed by atoms with Gasteiger partial charge in [-0.3, -0.25) is 9.59 Å². The van der Waals surface area contributed by atoms with Crippen molar-refractivity contribution in [3.63, 3.8) is 0 Å². The molecule has 0 saturated heterocycles. The van der Waals surface area contributed by atoms with Gasteiger partial charge in [0.25, 0.3) is 0 Å². The van der Waals surface area contributed by atoms with Crippen LogP contribution in [0.3, 0.4) is 0 Å². The van der Waals surface area contributed by atoms with E-state index in [4.69, 9.17) is 0 Å². The second kappa shape index (κ2) is 4.24. The molecule has 1 aromatic carbocycles. The fourth-order valence-electron chi connectivity index (χ4n) is 2.47. The Morgan fingerprint density at radius 2 is 1.94 bits per heavy atom. The summed E-state index contributed by atoms with van der Waals surface area (Å²) in [6.45, 7) is 5.58. The van der Waals surface area contributed by atoms with Crippen molar-refractivity contribution in [1.82, 2.24) is 0 Å². The molecular formula is C13H17NO2. The summed E-state index contributed by atoms with van der Waals surface area (Å²) in [5.41, 5.74) is 0.867. The van der Waals surface area contributed by atoms with Gasteiger partial charge in [0.2, 0.25) is 10.9 Å². The highest BCUT2D eigenvalue weighted by Crippen LogP contribution is 2.31. The van der Waals surface area contributed by atoms with Crippen LogP contribution in [0.4, 0.5) is 5.69 Å². The second-order valence-corrected chi connectivity index (χ2v) is 4.20. The standard InChI is InChI=1S/C13H17NO2/c1-3-14(4-2)11-10(12(15)13(11)16)9-7-5-6-8-9/h5,7,9H,3-4,6,8H2,1-2H3. The molecule has 1 aliphatic rings. The Bertz CT molecular complexity index is 476. The van der Waals surface area contributed by atoms with Crippen molar-refractivity contribution in [2.45, 2.75) is 32.6 Å². The summed E-state index contributed by atoms with van der Waals surface area (Å²) < 4.78 is 0. The van der Waals surface area contributed by atoms with Crippen LogP contribution in [0, 0.1) is 0 Å². The van der Waals surface area contributed by atoms with Gasteiger partial charge in [0, 0.05) is 24.6 Å². The maximum Gasteiger partial charge on any atom is 0.249 e. The lowest BCUT2D eigenvalue weighted by molar-refractivity contribution is 0.761. The highest BCUT2D eigenvalue weighted by atomic mass is 16.2. The first-order valence-corrected chi connectivity index (χ1v) is 5.95. The summed E-state index contributed by atoms with van der Waals surface area (Å²) in [4.78, 5) is 25.2. The number of nitrogens with zero attached hydrogens (tertiary/aromatic N) is 1. The number of allylic oxidation sites excluding steroid dienone is 2. The number of hydrogen-bond acceptors (Lipinski definition) is 3. The minimum atomic E-state index is -0.293. The molecule has 0 aliphatic heterocycles. The van der Waals surface area contributed by atoms with Crippen molar-refractivity contribution >= 4 is 5.69 Å². The van der Waals surface area contributed by atoms with Gasteiger partial charge in [-0.2, -0.15) is 0 Å². The summed E-state index contributed by atoms with van der Waals surface area (Å²) >= 11 is 0. The summed E-state index contributed by atoms with van der Waals surface area (Å²) in [7, 11) is 0. The third-order valence-corrected chi connectivity index (χ3v) is 3.38. The van der Waals surface area contributed by atoms with Gasteiger partial charge in [0.05, 0.1) is 5.69 Å². The van der Waals surface area contributed by atoms with Crippen molar-refractivity contribution < 1.29 is 0 Å². The van der Waals surface area contributed by atoms with Gasteiger partial charge in [0.1, 0.15) is 0 Å². The van der Waals surface area contributed by atoms with Crippen LogP contribution in [0.2, 0.25) is 0 Å². The van der Waals surface area contributed by atoms with E-state index < -0.39 is 0 Å². The largest absolute Gasteiger partial charge is 0.368 e. The highest BCUT2D eigenvalue weighted by Gasteiger charge is 2.29. The normalized spacial score (nSPS) is 19.5. The van der Waals surface area contributed by atoms with Crippen molar-refractivity contribution in [3.8, 4) is 0 Å². The second-order valence-electron chi connectivity index (χ2n) is 4.20. The average Bonchev–Trinajstić information content (AvgIpc) is 2.81. The fourth-order valence-corrected chi connectivity index (χ4v) is 2.47. The molecule has 1 aliphatic carbocycles. The molecule has 16 heavy (non-hydrogen) atoms. The molecule has 0 amide bonds. The van der Waals surface area contributed by atoms with Crippen molar-refractivity contribution in [3.05, 3.63) is 38.2 Å². The summed E-state index contributed by atoms with van der Waals surface area (Å²) in [5.74, 6) is 0.181. The third kappa shape index (κ3) is 1.51. The highest BCUT2D eigenvalue weighted by molar-refractivity contribution is 5.61. The number of rotatable bonds is 4. The summed E-state index contributed by atoms with van der Waals surface area (Å²) in [6, 6.07) is 0. The van der Waals surface area contributed by atoms with Crippen LogP contribution < -0.4 is 15.8 Å². The molecule has 0 N–H and O–H groups in total. The van der Waals surface area contributed by atoms with E-state index >= 15 is 0 Å². The Labute approximate surface area is 95.1 Å². The molecule has 0 bridgehead atoms. The maximum atomic E-state index is 11.6. The van der Waals surface area contributed by atoms with E-state index in [0.29, 0.717) is 5.69 Å². The van der Waals surface area contributed by atoms with E-state index in [0.717, 1.165) is 31.5 Å². The fraction of sp³-hybridized carbons (Fsp3) is 0.538. The third-order valence-electron chi connectivity index (χ3n) is 3.38. The van der Waals surface area contributed by atoms with Gasteiger partial charge >= 0.3 is 0 Å². The molecule has 0 aromatic heterocycles. The predicted molar refractivity (Wildman–Crippen MR) is 66.0 cm³/mol. The van der Waals surface area contributed by atoms with Crippen LogP contribution in [-0.2, 0) is 0 Å². The summed E-state index contributed by atoms with van der Waals surface area (Å²) in [5, 5.41) is 0. The molecule has 3 heteroatoms. The van der Waals surface area contributed by atoms with Crippen LogP contribution >= 0.6 is 0 Å². The molecule has 0 spiro atoms. The number of hydrogen-bond donors (Lipinski definition) is 0. The van der Waals surface area contributed by atoms with Crippen molar-refractivity contribution in [2.24, 2.45) is 0 Å². The molecule has 3 nitrogen and oxygen atoms in total. The lowest BCUT2D eigenvalue weighted by Gasteiger charge is -2.26. The van der Waals surface area contributed by atoms with Crippen LogP contribution in [0.25, 0.3) is 0 Å². The van der Waals surface area contributed by atoms with Gasteiger partial charge < -0.3 is 4.90 Å². The van der Waals surface area contributed by atoms with Gasteiger partial charge in [-0.25, -0.2) is 0 Å². The molecule has 2 rings (SSSR count). The van der Waals surface area contributed by atoms with Crippen molar-refractivity contribution in [1.29, 1.82) is 0 Å². The Hall–Kier alpha value is -1.38. The molecule has 0 saturated carbocycles. The Morgan fingerprint density at radius 1 is 1.25 bits per heavy atom. The van der Waals surface area contributed by atoms with E-state index in [1.165, 1.54) is 0 Å². The smallest absolute Gasteiger partial charge is 0.249 e. The minimum Gasteiger partial charge on any atom is -0.368 e. The molecule has 1 aromatic rings. The zero-order valence-electron chi connectivity index (χ0n) is 9.82. The molecule has 0 radical (unpaired) electrons. The number of anilines is 1. The Kier molecular flexibility index (Phi) is 2.95. The van der Waals surface area contributed by atoms with E-state index in [2.05, 4.69) is 12.2 Å². The monoisotopic (exact) mass is 219 g/mol. The SMILES string of the molecule is CCN(CC)c1c(C2C=CCC2)c(=O)c1=O. The van der Waals surface area contributed by atoms with Crippen LogP contribution in [-0.4, -0.2) is 13.1 Å². The topological polar surface area (TPSA) is 37.4 Å². The molecular weight excluding hydrogens is 202 g/mol. The molecule has 0 fully saturated rings. The molecule has 0 heterocycles. The molecule has 1 atom stereocenters. The van der Waals surface area contributed by atoms with Crippen LogP contribution in [0.5, 0.6) is 0 Å². The van der Waals surface area contributed by atoms with Gasteiger partial charge in [-0.15, -0.1) is 0 Å². The molecule has 1 unspecified atom stereocenters. The Balaban J connectivity index is 2.39. The van der Waals surface area contributed by atoms with Crippen molar-refractivity contribution in [2.75, 3.05) is 18.0 Å². The minimum absolute atomic E-state index is 0.181. The van der Waals surface area contributed by atoms with Gasteiger partial charge in [-0.05, 0) is 26.7 Å². The van der Waals surface area contributed by atoms with Crippen LogP contribution in [0.1, 0.15) is 38.2 Å². The average molecular weight is 219 g/mol. The van der Waals surface area contributed by atoms with E-state index in [9.17, 15) is 9.59 Å².